The van der Waals surface area contributed by atoms with Gasteiger partial charge in [-0.25, -0.2) is 4.79 Å². The molecule has 1 fully saturated rings. The molecule has 0 aliphatic carbocycles. The van der Waals surface area contributed by atoms with Gasteiger partial charge in [0.25, 0.3) is 5.91 Å². The Morgan fingerprint density at radius 1 is 1.06 bits per heavy atom. The normalized spacial score (nSPS) is 17.8. The van der Waals surface area contributed by atoms with Gasteiger partial charge in [-0.05, 0) is 67.6 Å². The molecule has 1 aliphatic heterocycles. The van der Waals surface area contributed by atoms with Crippen LogP contribution in [0, 0.1) is 0 Å². The zero-order valence-electron chi connectivity index (χ0n) is 17.0. The summed E-state index contributed by atoms with van der Waals surface area (Å²) in [5, 5.41) is 5.31. The number of nitrogens with one attached hydrogen (secondary N) is 2. The van der Waals surface area contributed by atoms with E-state index in [0.717, 1.165) is 9.37 Å². The van der Waals surface area contributed by atoms with E-state index in [2.05, 4.69) is 31.5 Å². The van der Waals surface area contributed by atoms with Crippen molar-refractivity contribution in [3.05, 3.63) is 83.1 Å². The lowest BCUT2D eigenvalue weighted by Crippen LogP contribution is -2.42. The number of carbonyl (C=O) groups is 3. The predicted octanol–water partition coefficient (Wildman–Crippen LogP) is 4.04. The van der Waals surface area contributed by atoms with Crippen molar-refractivity contribution < 1.29 is 19.1 Å². The van der Waals surface area contributed by atoms with Crippen molar-refractivity contribution in [1.82, 2.24) is 15.2 Å². The molecular formula is C23H19BrN4O4. The van der Waals surface area contributed by atoms with E-state index in [9.17, 15) is 14.4 Å². The van der Waals surface area contributed by atoms with E-state index in [0.29, 0.717) is 22.9 Å². The minimum Gasteiger partial charge on any atom is -0.457 e. The lowest BCUT2D eigenvalue weighted by molar-refractivity contribution is -0.133. The smallest absolute Gasteiger partial charge is 0.325 e. The second kappa shape index (κ2) is 8.80. The highest BCUT2D eigenvalue weighted by Gasteiger charge is 2.50. The molecule has 162 valence electrons. The molecule has 2 aromatic carbocycles. The summed E-state index contributed by atoms with van der Waals surface area (Å²) in [6.07, 6.45) is 1.54. The zero-order chi connectivity index (χ0) is 22.7. The summed E-state index contributed by atoms with van der Waals surface area (Å²) in [5.74, 6) is 0.250. The number of nitrogens with zero attached hydrogens (tertiary/aromatic N) is 2. The van der Waals surface area contributed by atoms with Gasteiger partial charge in [0.2, 0.25) is 5.91 Å². The standard InChI is InChI=1S/C23H19BrN4O4/c1-23(19-4-2-3-13-25-19)21(30)28(22(31)27-23)14-20(29)26-16-7-11-18(12-8-16)32-17-9-5-15(24)6-10-17/h2-13H,14H2,1H3,(H,26,29)(H,27,31). The van der Waals surface area contributed by atoms with Crippen LogP contribution in [0.4, 0.5) is 10.5 Å². The number of hydrogen-bond donors (Lipinski definition) is 2. The van der Waals surface area contributed by atoms with E-state index in [1.165, 1.54) is 0 Å². The van der Waals surface area contributed by atoms with Gasteiger partial charge in [0.15, 0.2) is 5.54 Å². The van der Waals surface area contributed by atoms with E-state index >= 15 is 0 Å². The van der Waals surface area contributed by atoms with E-state index in [4.69, 9.17) is 4.74 Å². The van der Waals surface area contributed by atoms with Gasteiger partial charge < -0.3 is 15.4 Å². The van der Waals surface area contributed by atoms with E-state index < -0.39 is 29.9 Å². The number of rotatable bonds is 6. The number of amides is 4. The first-order valence-corrected chi connectivity index (χ1v) is 10.5. The molecule has 1 unspecified atom stereocenters. The number of pyridine rings is 1. The van der Waals surface area contributed by atoms with Gasteiger partial charge in [0, 0.05) is 16.4 Å². The monoisotopic (exact) mass is 494 g/mol. The van der Waals surface area contributed by atoms with Gasteiger partial charge in [-0.3, -0.25) is 19.5 Å². The van der Waals surface area contributed by atoms with Crippen molar-refractivity contribution in [2.45, 2.75) is 12.5 Å². The fourth-order valence-electron chi connectivity index (χ4n) is 3.26. The SMILES string of the molecule is CC1(c2ccccn2)NC(=O)N(CC(=O)Nc2ccc(Oc3ccc(Br)cc3)cc2)C1=O. The lowest BCUT2D eigenvalue weighted by Gasteiger charge is -2.20. The van der Waals surface area contributed by atoms with Crippen LogP contribution in [0.3, 0.4) is 0 Å². The highest BCUT2D eigenvalue weighted by molar-refractivity contribution is 9.10. The van der Waals surface area contributed by atoms with Crippen LogP contribution >= 0.6 is 15.9 Å². The van der Waals surface area contributed by atoms with Gasteiger partial charge in [-0.2, -0.15) is 0 Å². The Morgan fingerprint density at radius 2 is 1.72 bits per heavy atom. The summed E-state index contributed by atoms with van der Waals surface area (Å²) in [6.45, 7) is 1.15. The number of anilines is 1. The molecule has 1 saturated heterocycles. The van der Waals surface area contributed by atoms with Crippen LogP contribution in [0.1, 0.15) is 12.6 Å². The Hall–Kier alpha value is -3.72. The van der Waals surface area contributed by atoms with Gasteiger partial charge in [0.1, 0.15) is 18.0 Å². The summed E-state index contributed by atoms with van der Waals surface area (Å²) in [7, 11) is 0. The van der Waals surface area contributed by atoms with Crippen LogP contribution in [-0.2, 0) is 15.1 Å². The van der Waals surface area contributed by atoms with Crippen LogP contribution in [0.5, 0.6) is 11.5 Å². The summed E-state index contributed by atoms with van der Waals surface area (Å²) in [5.41, 5.74) is -0.398. The molecule has 4 rings (SSSR count). The molecule has 1 aromatic heterocycles. The highest BCUT2D eigenvalue weighted by atomic mass is 79.9. The number of carbonyl (C=O) groups excluding carboxylic acids is 3. The molecule has 32 heavy (non-hydrogen) atoms. The van der Waals surface area contributed by atoms with Gasteiger partial charge in [-0.1, -0.05) is 22.0 Å². The second-order valence-electron chi connectivity index (χ2n) is 7.29. The summed E-state index contributed by atoms with van der Waals surface area (Å²) in [6, 6.07) is 18.6. The van der Waals surface area contributed by atoms with Crippen LogP contribution in [-0.4, -0.2) is 34.3 Å². The largest absolute Gasteiger partial charge is 0.457 e. The second-order valence-corrected chi connectivity index (χ2v) is 8.21. The third-order valence-corrected chi connectivity index (χ3v) is 5.47. The van der Waals surface area contributed by atoms with Crippen molar-refractivity contribution >= 4 is 39.5 Å². The maximum atomic E-state index is 12.9. The maximum Gasteiger partial charge on any atom is 0.325 e. The molecule has 1 aliphatic rings. The first-order valence-electron chi connectivity index (χ1n) is 9.74. The molecule has 0 bridgehead atoms. The Labute approximate surface area is 192 Å². The Kier molecular flexibility index (Phi) is 5.91. The van der Waals surface area contributed by atoms with Crippen molar-refractivity contribution in [1.29, 1.82) is 0 Å². The zero-order valence-corrected chi connectivity index (χ0v) is 18.6. The number of urea groups is 1. The molecule has 0 saturated carbocycles. The van der Waals surface area contributed by atoms with Crippen molar-refractivity contribution in [3.8, 4) is 11.5 Å². The van der Waals surface area contributed by atoms with Crippen LogP contribution in [0.2, 0.25) is 0 Å². The van der Waals surface area contributed by atoms with Crippen LogP contribution in [0.15, 0.2) is 77.4 Å². The summed E-state index contributed by atoms with van der Waals surface area (Å²) < 4.78 is 6.70. The molecule has 3 aromatic rings. The van der Waals surface area contributed by atoms with Crippen LogP contribution in [0.25, 0.3) is 0 Å². The van der Waals surface area contributed by atoms with Gasteiger partial charge in [-0.15, -0.1) is 0 Å². The lowest BCUT2D eigenvalue weighted by atomic mass is 9.97. The number of aromatic nitrogens is 1. The molecule has 0 radical (unpaired) electrons. The number of imide groups is 1. The van der Waals surface area contributed by atoms with Crippen molar-refractivity contribution in [2.24, 2.45) is 0 Å². The summed E-state index contributed by atoms with van der Waals surface area (Å²) in [4.78, 5) is 42.8. The van der Waals surface area contributed by atoms with E-state index in [1.807, 2.05) is 24.3 Å². The molecule has 4 amide bonds. The number of ether oxygens (including phenoxy) is 1. The van der Waals surface area contributed by atoms with Crippen molar-refractivity contribution in [2.75, 3.05) is 11.9 Å². The molecule has 9 heteroatoms. The Bertz CT molecular complexity index is 1150. The first kappa shape index (κ1) is 21.5. The highest BCUT2D eigenvalue weighted by Crippen LogP contribution is 2.27. The average molecular weight is 495 g/mol. The molecule has 2 N–H and O–H groups in total. The maximum absolute atomic E-state index is 12.9. The van der Waals surface area contributed by atoms with Crippen molar-refractivity contribution in [3.63, 3.8) is 0 Å². The Balaban J connectivity index is 1.37. The fraction of sp³-hybridized carbons (Fsp3) is 0.130. The predicted molar refractivity (Wildman–Crippen MR) is 121 cm³/mol. The molecule has 2 heterocycles. The average Bonchev–Trinajstić information content (AvgIpc) is 3.01. The van der Waals surface area contributed by atoms with Gasteiger partial charge >= 0.3 is 6.03 Å². The molecule has 1 atom stereocenters. The van der Waals surface area contributed by atoms with Gasteiger partial charge in [0.05, 0.1) is 5.69 Å². The van der Waals surface area contributed by atoms with E-state index in [1.54, 1.807) is 55.6 Å². The third-order valence-electron chi connectivity index (χ3n) is 4.94. The van der Waals surface area contributed by atoms with Crippen LogP contribution < -0.4 is 15.4 Å². The quantitative estimate of drug-likeness (QED) is 0.503. The minimum atomic E-state index is -1.31. The third kappa shape index (κ3) is 4.47. The molecule has 8 nitrogen and oxygen atoms in total. The number of benzene rings is 2. The Morgan fingerprint density at radius 3 is 2.34 bits per heavy atom. The minimum absolute atomic E-state index is 0.405. The first-order chi connectivity index (χ1) is 15.3. The topological polar surface area (TPSA) is 101 Å². The molecule has 0 spiro atoms. The summed E-state index contributed by atoms with van der Waals surface area (Å²) >= 11 is 3.37. The molecular weight excluding hydrogens is 476 g/mol. The number of hydrogen-bond acceptors (Lipinski definition) is 5. The van der Waals surface area contributed by atoms with E-state index in [-0.39, 0.29) is 0 Å². The number of halogens is 1. The fourth-order valence-corrected chi connectivity index (χ4v) is 3.53.